The largest absolute Gasteiger partial charge is 0.299 e. The second-order valence-electron chi connectivity index (χ2n) is 5.46. The number of likely N-dealkylation sites (tertiary alicyclic amines) is 1. The van der Waals surface area contributed by atoms with Crippen molar-refractivity contribution in [3.05, 3.63) is 12.2 Å². The van der Waals surface area contributed by atoms with Crippen molar-refractivity contribution in [1.29, 1.82) is 0 Å². The van der Waals surface area contributed by atoms with E-state index in [9.17, 15) is 4.79 Å². The molecule has 2 unspecified atom stereocenters. The highest BCUT2D eigenvalue weighted by atomic mass is 16.1. The third-order valence-corrected chi connectivity index (χ3v) is 3.95. The molecule has 1 aliphatic heterocycles. The zero-order valence-electron chi connectivity index (χ0n) is 10.4. The number of carbonyl (C=O) groups is 1. The molecule has 1 aliphatic carbocycles. The highest BCUT2D eigenvalue weighted by Gasteiger charge is 2.36. The second-order valence-corrected chi connectivity index (χ2v) is 5.46. The molecule has 0 aromatic carbocycles. The number of Topliss-reactive ketones (excluding diaryl/α,β-unsaturated/α-hetero) is 1. The standard InChI is InChI=1S/C14H23NO/c1-11(2)10-15-9-4-3-7-13(15)12-6-5-8-14(12)16/h12-13H,1,3-10H2,2H3. The Bertz CT molecular complexity index is 284. The Balaban J connectivity index is 2.03. The predicted molar refractivity (Wildman–Crippen MR) is 66.4 cm³/mol. The average Bonchev–Trinajstić information content (AvgIpc) is 2.64. The molecule has 16 heavy (non-hydrogen) atoms. The molecule has 0 aromatic rings. The van der Waals surface area contributed by atoms with Gasteiger partial charge in [-0.3, -0.25) is 9.69 Å². The molecule has 90 valence electrons. The van der Waals surface area contributed by atoms with E-state index in [4.69, 9.17) is 0 Å². The molecule has 1 saturated heterocycles. The van der Waals surface area contributed by atoms with Crippen molar-refractivity contribution in [3.8, 4) is 0 Å². The molecule has 0 spiro atoms. The second kappa shape index (κ2) is 5.13. The van der Waals surface area contributed by atoms with Crippen molar-refractivity contribution in [1.82, 2.24) is 4.90 Å². The van der Waals surface area contributed by atoms with Crippen molar-refractivity contribution in [2.75, 3.05) is 13.1 Å². The van der Waals surface area contributed by atoms with Gasteiger partial charge in [0.2, 0.25) is 0 Å². The summed E-state index contributed by atoms with van der Waals surface area (Å²) >= 11 is 0. The lowest BCUT2D eigenvalue weighted by Gasteiger charge is -2.38. The van der Waals surface area contributed by atoms with Gasteiger partial charge in [-0.25, -0.2) is 0 Å². The molecule has 1 heterocycles. The number of carbonyl (C=O) groups excluding carboxylic acids is 1. The zero-order valence-corrected chi connectivity index (χ0v) is 10.4. The van der Waals surface area contributed by atoms with E-state index in [-0.39, 0.29) is 0 Å². The van der Waals surface area contributed by atoms with Gasteiger partial charge in [-0.2, -0.15) is 0 Å². The van der Waals surface area contributed by atoms with Crippen LogP contribution in [0.5, 0.6) is 0 Å². The van der Waals surface area contributed by atoms with Crippen LogP contribution in [-0.4, -0.2) is 29.8 Å². The minimum atomic E-state index is 0.333. The lowest BCUT2D eigenvalue weighted by Crippen LogP contribution is -2.45. The Kier molecular flexibility index (Phi) is 3.80. The summed E-state index contributed by atoms with van der Waals surface area (Å²) in [5.74, 6) is 0.846. The smallest absolute Gasteiger partial charge is 0.137 e. The van der Waals surface area contributed by atoms with Crippen LogP contribution in [0.25, 0.3) is 0 Å². The average molecular weight is 221 g/mol. The quantitative estimate of drug-likeness (QED) is 0.683. The Morgan fingerprint density at radius 3 is 2.81 bits per heavy atom. The number of hydrogen-bond acceptors (Lipinski definition) is 2. The molecule has 0 N–H and O–H groups in total. The van der Waals surface area contributed by atoms with Gasteiger partial charge in [0.15, 0.2) is 0 Å². The van der Waals surface area contributed by atoms with Gasteiger partial charge in [0.05, 0.1) is 0 Å². The first-order valence-electron chi connectivity index (χ1n) is 6.59. The first kappa shape index (κ1) is 11.8. The Morgan fingerprint density at radius 1 is 1.38 bits per heavy atom. The summed E-state index contributed by atoms with van der Waals surface area (Å²) in [7, 11) is 0. The highest BCUT2D eigenvalue weighted by Crippen LogP contribution is 2.32. The maximum absolute atomic E-state index is 11.9. The van der Waals surface area contributed by atoms with Crippen LogP contribution in [0.15, 0.2) is 12.2 Å². The van der Waals surface area contributed by atoms with Crippen LogP contribution in [0, 0.1) is 5.92 Å². The Hall–Kier alpha value is -0.630. The van der Waals surface area contributed by atoms with E-state index in [1.165, 1.54) is 24.8 Å². The van der Waals surface area contributed by atoms with Crippen LogP contribution in [0.2, 0.25) is 0 Å². The number of hydrogen-bond donors (Lipinski definition) is 0. The summed E-state index contributed by atoms with van der Waals surface area (Å²) in [6.07, 6.45) is 6.84. The van der Waals surface area contributed by atoms with E-state index in [1.807, 2.05) is 0 Å². The minimum absolute atomic E-state index is 0.333. The maximum atomic E-state index is 11.9. The van der Waals surface area contributed by atoms with Gasteiger partial charge in [-0.05, 0) is 39.2 Å². The van der Waals surface area contributed by atoms with Crippen molar-refractivity contribution in [2.24, 2.45) is 5.92 Å². The normalized spacial score (nSPS) is 31.9. The predicted octanol–water partition coefficient (Wildman–Crippen LogP) is 2.79. The van der Waals surface area contributed by atoms with Crippen LogP contribution >= 0.6 is 0 Å². The molecule has 2 aliphatic rings. The van der Waals surface area contributed by atoms with Gasteiger partial charge in [-0.15, -0.1) is 0 Å². The van der Waals surface area contributed by atoms with Crippen molar-refractivity contribution < 1.29 is 4.79 Å². The highest BCUT2D eigenvalue weighted by molar-refractivity contribution is 5.83. The van der Waals surface area contributed by atoms with Gasteiger partial charge < -0.3 is 0 Å². The van der Waals surface area contributed by atoms with Gasteiger partial charge in [0, 0.05) is 24.9 Å². The zero-order chi connectivity index (χ0) is 11.5. The van der Waals surface area contributed by atoms with Crippen molar-refractivity contribution in [3.63, 3.8) is 0 Å². The topological polar surface area (TPSA) is 20.3 Å². The molecular formula is C14H23NO. The fourth-order valence-corrected chi connectivity index (χ4v) is 3.26. The molecule has 0 bridgehead atoms. The molecule has 0 aromatic heterocycles. The van der Waals surface area contributed by atoms with Gasteiger partial charge in [-0.1, -0.05) is 18.6 Å². The minimum Gasteiger partial charge on any atom is -0.299 e. The van der Waals surface area contributed by atoms with Crippen molar-refractivity contribution >= 4 is 5.78 Å². The van der Waals surface area contributed by atoms with E-state index >= 15 is 0 Å². The number of piperidine rings is 1. The molecule has 2 nitrogen and oxygen atoms in total. The van der Waals surface area contributed by atoms with Crippen molar-refractivity contribution in [2.45, 2.75) is 51.5 Å². The summed E-state index contributed by atoms with van der Waals surface area (Å²) in [6.45, 7) is 8.22. The van der Waals surface area contributed by atoms with Crippen LogP contribution < -0.4 is 0 Å². The summed E-state index contributed by atoms with van der Waals surface area (Å²) < 4.78 is 0. The van der Waals surface area contributed by atoms with Crippen LogP contribution in [0.4, 0.5) is 0 Å². The summed E-state index contributed by atoms with van der Waals surface area (Å²) in [5, 5.41) is 0. The first-order chi connectivity index (χ1) is 7.68. The van der Waals surface area contributed by atoms with Crippen LogP contribution in [0.3, 0.4) is 0 Å². The van der Waals surface area contributed by atoms with Gasteiger partial charge >= 0.3 is 0 Å². The van der Waals surface area contributed by atoms with E-state index in [2.05, 4.69) is 18.4 Å². The van der Waals surface area contributed by atoms with Gasteiger partial charge in [0.25, 0.3) is 0 Å². The molecular weight excluding hydrogens is 198 g/mol. The fraction of sp³-hybridized carbons (Fsp3) is 0.786. The first-order valence-corrected chi connectivity index (χ1v) is 6.59. The Morgan fingerprint density at radius 2 is 2.19 bits per heavy atom. The number of rotatable bonds is 3. The van der Waals surface area contributed by atoms with E-state index in [0.717, 1.165) is 32.4 Å². The monoisotopic (exact) mass is 221 g/mol. The molecule has 1 saturated carbocycles. The molecule has 2 heteroatoms. The molecule has 0 amide bonds. The summed E-state index contributed by atoms with van der Waals surface area (Å²) in [6, 6.07) is 0.514. The molecule has 0 radical (unpaired) electrons. The van der Waals surface area contributed by atoms with Crippen LogP contribution in [-0.2, 0) is 4.79 Å². The number of ketones is 1. The fourth-order valence-electron chi connectivity index (χ4n) is 3.26. The maximum Gasteiger partial charge on any atom is 0.137 e. The lowest BCUT2D eigenvalue weighted by atomic mass is 9.88. The van der Waals surface area contributed by atoms with Gasteiger partial charge in [0.1, 0.15) is 5.78 Å². The number of nitrogens with zero attached hydrogens (tertiary/aromatic N) is 1. The van der Waals surface area contributed by atoms with E-state index in [0.29, 0.717) is 17.7 Å². The summed E-state index contributed by atoms with van der Waals surface area (Å²) in [5.41, 5.74) is 1.22. The lowest BCUT2D eigenvalue weighted by molar-refractivity contribution is -0.123. The van der Waals surface area contributed by atoms with E-state index in [1.54, 1.807) is 0 Å². The van der Waals surface area contributed by atoms with Crippen LogP contribution in [0.1, 0.15) is 45.4 Å². The summed E-state index contributed by atoms with van der Waals surface area (Å²) in [4.78, 5) is 14.4. The Labute approximate surface area is 98.7 Å². The van der Waals surface area contributed by atoms with E-state index < -0.39 is 0 Å². The third kappa shape index (κ3) is 2.54. The molecule has 2 rings (SSSR count). The SMILES string of the molecule is C=C(C)CN1CCCCC1C1CCCC1=O. The molecule has 2 fully saturated rings. The molecule has 2 atom stereocenters. The third-order valence-electron chi connectivity index (χ3n) is 3.95.